The Morgan fingerprint density at radius 3 is 2.63 bits per heavy atom. The van der Waals surface area contributed by atoms with Gasteiger partial charge in [0.25, 0.3) is 0 Å². The Hall–Kier alpha value is -2.48. The van der Waals surface area contributed by atoms with Crippen molar-refractivity contribution >= 4 is 29.7 Å². The number of nitrogens with zero attached hydrogens (tertiary/aromatic N) is 4. The number of carbonyl (C=O) groups excluding carboxylic acids is 1. The largest absolute Gasteiger partial charge is 0.368 e. The number of halogens is 1. The lowest BCUT2D eigenvalue weighted by Crippen LogP contribution is -2.48. The topological polar surface area (TPSA) is 69.1 Å². The first-order valence-corrected chi connectivity index (χ1v) is 10.8. The smallest absolute Gasteiger partial charge is 0.234 e. The zero-order valence-corrected chi connectivity index (χ0v) is 18.4. The number of nitrogens with two attached hydrogens (primary N) is 1. The lowest BCUT2D eigenvalue weighted by molar-refractivity contribution is -0.125. The summed E-state index contributed by atoms with van der Waals surface area (Å²) in [5, 5.41) is 5.52. The van der Waals surface area contributed by atoms with Gasteiger partial charge < -0.3 is 5.73 Å². The van der Waals surface area contributed by atoms with E-state index in [0.717, 1.165) is 48.4 Å². The zero-order valence-electron chi connectivity index (χ0n) is 16.8. The van der Waals surface area contributed by atoms with Crippen molar-refractivity contribution in [3.8, 4) is 17.1 Å². The van der Waals surface area contributed by atoms with E-state index >= 15 is 0 Å². The van der Waals surface area contributed by atoms with E-state index in [1.54, 1.807) is 4.68 Å². The summed E-state index contributed by atoms with van der Waals surface area (Å²) in [6, 6.07) is 15.3. The number of hydrogen-bond donors (Lipinski definition) is 1. The van der Waals surface area contributed by atoms with Gasteiger partial charge in [0, 0.05) is 17.1 Å². The number of primary amides is 1. The van der Waals surface area contributed by atoms with Gasteiger partial charge in [0.1, 0.15) is 0 Å². The molecule has 1 amide bonds. The Morgan fingerprint density at radius 1 is 1.20 bits per heavy atom. The van der Waals surface area contributed by atoms with Crippen LogP contribution in [-0.4, -0.2) is 37.7 Å². The van der Waals surface area contributed by atoms with Gasteiger partial charge in [-0.05, 0) is 67.9 Å². The second-order valence-corrected chi connectivity index (χ2v) is 8.40. The first-order chi connectivity index (χ1) is 14.5. The molecule has 30 heavy (non-hydrogen) atoms. The molecule has 2 N–H and O–H groups in total. The predicted octanol–water partition coefficient (Wildman–Crippen LogP) is 4.33. The third-order valence-electron chi connectivity index (χ3n) is 5.56. The normalized spacial score (nSPS) is 17.2. The van der Waals surface area contributed by atoms with Crippen LogP contribution in [0.5, 0.6) is 0 Å². The minimum atomic E-state index is -0.294. The number of amides is 1. The fourth-order valence-electron chi connectivity index (χ4n) is 3.97. The highest BCUT2D eigenvalue weighted by Crippen LogP contribution is 2.26. The minimum absolute atomic E-state index is 0.289. The molecule has 4 rings (SSSR count). The quantitative estimate of drug-likeness (QED) is 0.598. The van der Waals surface area contributed by atoms with Crippen LogP contribution in [0.3, 0.4) is 0 Å². The summed E-state index contributed by atoms with van der Waals surface area (Å²) in [6.45, 7) is 3.27. The van der Waals surface area contributed by atoms with Crippen LogP contribution >= 0.6 is 23.8 Å². The Bertz CT molecular complexity index is 1120. The molecule has 0 unspecified atom stereocenters. The molecule has 1 aromatic heterocycles. The number of likely N-dealkylation sites (tertiary alicyclic amines) is 1. The van der Waals surface area contributed by atoms with Crippen LogP contribution in [0.4, 0.5) is 0 Å². The van der Waals surface area contributed by atoms with Gasteiger partial charge in [-0.3, -0.25) is 14.3 Å². The molecule has 1 aliphatic rings. The molecule has 3 aromatic rings. The third kappa shape index (κ3) is 4.05. The maximum Gasteiger partial charge on any atom is 0.234 e. The molecule has 1 saturated heterocycles. The summed E-state index contributed by atoms with van der Waals surface area (Å²) in [5.41, 5.74) is 8.63. The number of aromatic nitrogens is 3. The molecule has 156 valence electrons. The second-order valence-electron chi connectivity index (χ2n) is 7.60. The lowest BCUT2D eigenvalue weighted by atomic mass is 10.0. The molecule has 2 aromatic carbocycles. The van der Waals surface area contributed by atoms with Gasteiger partial charge in [-0.15, -0.1) is 5.10 Å². The molecule has 0 saturated carbocycles. The third-order valence-corrected chi connectivity index (χ3v) is 6.20. The summed E-state index contributed by atoms with van der Waals surface area (Å²) in [5.74, 6) is 0.441. The molecule has 0 bridgehead atoms. The van der Waals surface area contributed by atoms with E-state index in [-0.39, 0.29) is 11.9 Å². The predicted molar refractivity (Wildman–Crippen MR) is 121 cm³/mol. The number of hydrogen-bond acceptors (Lipinski definition) is 4. The van der Waals surface area contributed by atoms with Crippen molar-refractivity contribution in [1.82, 2.24) is 19.2 Å². The summed E-state index contributed by atoms with van der Waals surface area (Å²) >= 11 is 11.9. The molecular formula is C22H24ClN5OS. The summed E-state index contributed by atoms with van der Waals surface area (Å²) < 4.78 is 4.34. The molecular weight excluding hydrogens is 418 g/mol. The van der Waals surface area contributed by atoms with E-state index < -0.39 is 0 Å². The Morgan fingerprint density at radius 2 is 1.93 bits per heavy atom. The molecule has 0 aliphatic carbocycles. The number of rotatable bonds is 5. The number of aryl methyl sites for hydroxylation is 1. The highest BCUT2D eigenvalue weighted by atomic mass is 35.5. The molecule has 0 radical (unpaired) electrons. The van der Waals surface area contributed by atoms with Crippen molar-refractivity contribution in [2.24, 2.45) is 5.73 Å². The zero-order chi connectivity index (χ0) is 21.3. The van der Waals surface area contributed by atoms with Crippen molar-refractivity contribution in [3.63, 3.8) is 0 Å². The lowest BCUT2D eigenvalue weighted by Gasteiger charge is -2.33. The van der Waals surface area contributed by atoms with Gasteiger partial charge in [0.2, 0.25) is 10.7 Å². The molecule has 0 spiro atoms. The van der Waals surface area contributed by atoms with Gasteiger partial charge in [-0.25, -0.2) is 4.68 Å². The Labute approximate surface area is 185 Å². The van der Waals surface area contributed by atoms with Crippen LogP contribution in [0.2, 0.25) is 5.02 Å². The number of carbonyl (C=O) groups is 1. The van der Waals surface area contributed by atoms with Crippen molar-refractivity contribution in [1.29, 1.82) is 0 Å². The van der Waals surface area contributed by atoms with Crippen LogP contribution in [-0.2, 0) is 11.5 Å². The fourth-order valence-corrected chi connectivity index (χ4v) is 4.38. The van der Waals surface area contributed by atoms with Crippen molar-refractivity contribution in [2.45, 2.75) is 38.9 Å². The first-order valence-electron chi connectivity index (χ1n) is 10.0. The van der Waals surface area contributed by atoms with E-state index in [0.29, 0.717) is 16.5 Å². The SMILES string of the molecule is Cc1ccccc1-n1c(-c2ccc(Cl)cc2)nn(CN2CCCC[C@@H]2C(N)=O)c1=S. The van der Waals surface area contributed by atoms with Gasteiger partial charge in [-0.2, -0.15) is 0 Å². The number of piperidine rings is 1. The molecule has 8 heteroatoms. The molecule has 1 fully saturated rings. The van der Waals surface area contributed by atoms with Crippen LogP contribution in [0.25, 0.3) is 17.1 Å². The maximum absolute atomic E-state index is 11.9. The number of benzene rings is 2. The van der Waals surface area contributed by atoms with Gasteiger partial charge in [-0.1, -0.05) is 36.2 Å². The summed E-state index contributed by atoms with van der Waals surface area (Å²) in [7, 11) is 0. The van der Waals surface area contributed by atoms with Gasteiger partial charge >= 0.3 is 0 Å². The Balaban J connectivity index is 1.82. The van der Waals surface area contributed by atoms with Gasteiger partial charge in [0.15, 0.2) is 5.82 Å². The monoisotopic (exact) mass is 441 g/mol. The highest BCUT2D eigenvalue weighted by molar-refractivity contribution is 7.71. The van der Waals surface area contributed by atoms with E-state index in [9.17, 15) is 4.79 Å². The number of para-hydroxylation sites is 1. The van der Waals surface area contributed by atoms with E-state index in [1.165, 1.54) is 0 Å². The fraction of sp³-hybridized carbons (Fsp3) is 0.318. The van der Waals surface area contributed by atoms with Crippen LogP contribution in [0.1, 0.15) is 24.8 Å². The maximum atomic E-state index is 11.9. The van der Waals surface area contributed by atoms with E-state index in [4.69, 9.17) is 34.7 Å². The molecule has 1 aliphatic heterocycles. The van der Waals surface area contributed by atoms with Crippen LogP contribution in [0, 0.1) is 11.7 Å². The Kier molecular flexibility index (Phi) is 6.04. The van der Waals surface area contributed by atoms with Crippen molar-refractivity contribution in [2.75, 3.05) is 6.54 Å². The second kappa shape index (κ2) is 8.71. The van der Waals surface area contributed by atoms with Crippen LogP contribution in [0.15, 0.2) is 48.5 Å². The average molecular weight is 442 g/mol. The first kappa shape index (κ1) is 20.8. The minimum Gasteiger partial charge on any atom is -0.368 e. The average Bonchev–Trinajstić information content (AvgIpc) is 3.05. The molecule has 6 nitrogen and oxygen atoms in total. The summed E-state index contributed by atoms with van der Waals surface area (Å²) in [4.78, 5) is 14.0. The van der Waals surface area contributed by atoms with Gasteiger partial charge in [0.05, 0.1) is 18.4 Å². The highest BCUT2D eigenvalue weighted by Gasteiger charge is 2.28. The van der Waals surface area contributed by atoms with Crippen molar-refractivity contribution in [3.05, 3.63) is 63.9 Å². The van der Waals surface area contributed by atoms with E-state index in [2.05, 4.69) is 4.90 Å². The van der Waals surface area contributed by atoms with Crippen molar-refractivity contribution < 1.29 is 4.79 Å². The molecule has 1 atom stereocenters. The molecule has 2 heterocycles. The van der Waals surface area contributed by atoms with E-state index in [1.807, 2.05) is 60.0 Å². The summed E-state index contributed by atoms with van der Waals surface area (Å²) in [6.07, 6.45) is 2.80. The van der Waals surface area contributed by atoms with Crippen LogP contribution < -0.4 is 5.73 Å². The standard InChI is InChI=1S/C22H24ClN5OS/c1-15-6-2-3-7-18(15)28-21(16-9-11-17(23)12-10-16)25-27(22(28)30)14-26-13-5-4-8-19(26)20(24)29/h2-3,6-7,9-12,19H,4-5,8,13-14H2,1H3,(H2,24,29)/t19-/m1/s1.